The molecule has 5 heteroatoms. The molecule has 1 N–H and O–H groups in total. The molecule has 1 heterocycles. The van der Waals surface area contributed by atoms with Gasteiger partial charge in [-0.3, -0.25) is 9.48 Å². The Kier molecular flexibility index (Phi) is 4.10. The first-order chi connectivity index (χ1) is 11.2. The summed E-state index contributed by atoms with van der Waals surface area (Å²) in [7, 11) is 3.42. The van der Waals surface area contributed by atoms with Crippen LogP contribution < -0.4 is 10.1 Å². The minimum Gasteiger partial charge on any atom is -0.496 e. The van der Waals surface area contributed by atoms with Crippen LogP contribution in [-0.4, -0.2) is 22.8 Å². The fourth-order valence-corrected chi connectivity index (χ4v) is 2.35. The van der Waals surface area contributed by atoms with Crippen molar-refractivity contribution in [3.63, 3.8) is 0 Å². The second-order valence-electron chi connectivity index (χ2n) is 5.14. The monoisotopic (exact) mass is 307 g/mol. The molecule has 23 heavy (non-hydrogen) atoms. The number of nitrogens with zero attached hydrogens (tertiary/aromatic N) is 2. The normalized spacial score (nSPS) is 10.3. The number of para-hydroxylation sites is 1. The topological polar surface area (TPSA) is 56.2 Å². The molecule has 1 aromatic heterocycles. The van der Waals surface area contributed by atoms with Gasteiger partial charge in [0.15, 0.2) is 0 Å². The summed E-state index contributed by atoms with van der Waals surface area (Å²) in [6, 6.07) is 14.8. The third-order valence-corrected chi connectivity index (χ3v) is 3.52. The zero-order chi connectivity index (χ0) is 16.2. The van der Waals surface area contributed by atoms with E-state index in [1.165, 1.54) is 0 Å². The summed E-state index contributed by atoms with van der Waals surface area (Å²) in [5, 5.41) is 7.02. The Morgan fingerprint density at radius 3 is 2.57 bits per heavy atom. The van der Waals surface area contributed by atoms with E-state index >= 15 is 0 Å². The molecule has 1 amide bonds. The predicted molar refractivity (Wildman–Crippen MR) is 89.6 cm³/mol. The maximum absolute atomic E-state index is 12.4. The number of anilines is 1. The highest BCUT2D eigenvalue weighted by Gasteiger charge is 2.14. The number of hydrogen-bond acceptors (Lipinski definition) is 3. The van der Waals surface area contributed by atoms with Gasteiger partial charge in [-0.15, -0.1) is 0 Å². The SMILES string of the molecule is COc1cc(-c2cnn(C)c2)ccc1C(=O)Nc1ccccc1. The number of aromatic nitrogens is 2. The summed E-state index contributed by atoms with van der Waals surface area (Å²) >= 11 is 0. The van der Waals surface area contributed by atoms with Crippen LogP contribution in [0, 0.1) is 0 Å². The van der Waals surface area contributed by atoms with Crippen LogP contribution in [0.1, 0.15) is 10.4 Å². The lowest BCUT2D eigenvalue weighted by molar-refractivity contribution is 0.102. The molecular weight excluding hydrogens is 290 g/mol. The van der Waals surface area contributed by atoms with Gasteiger partial charge in [0.1, 0.15) is 5.75 Å². The van der Waals surface area contributed by atoms with Gasteiger partial charge >= 0.3 is 0 Å². The van der Waals surface area contributed by atoms with Gasteiger partial charge in [0.05, 0.1) is 18.9 Å². The summed E-state index contributed by atoms with van der Waals surface area (Å²) in [6.45, 7) is 0. The summed E-state index contributed by atoms with van der Waals surface area (Å²) in [5.41, 5.74) is 3.16. The van der Waals surface area contributed by atoms with Gasteiger partial charge < -0.3 is 10.1 Å². The largest absolute Gasteiger partial charge is 0.496 e. The average Bonchev–Trinajstić information content (AvgIpc) is 3.01. The Bertz CT molecular complexity index is 825. The lowest BCUT2D eigenvalue weighted by atomic mass is 10.1. The van der Waals surface area contributed by atoms with E-state index in [0.29, 0.717) is 11.3 Å². The summed E-state index contributed by atoms with van der Waals surface area (Å²) in [6.07, 6.45) is 3.69. The number of carbonyl (C=O) groups is 1. The van der Waals surface area contributed by atoms with Crippen molar-refractivity contribution >= 4 is 11.6 Å². The second kappa shape index (κ2) is 6.36. The molecule has 0 aliphatic heterocycles. The number of hydrogen-bond donors (Lipinski definition) is 1. The fourth-order valence-electron chi connectivity index (χ4n) is 2.35. The van der Waals surface area contributed by atoms with Crippen LogP contribution in [-0.2, 0) is 7.05 Å². The highest BCUT2D eigenvalue weighted by molar-refractivity contribution is 6.06. The van der Waals surface area contributed by atoms with Gasteiger partial charge in [0.2, 0.25) is 0 Å². The zero-order valence-corrected chi connectivity index (χ0v) is 13.0. The predicted octanol–water partition coefficient (Wildman–Crippen LogP) is 3.35. The number of benzene rings is 2. The van der Waals surface area contributed by atoms with Crippen LogP contribution in [0.3, 0.4) is 0 Å². The maximum atomic E-state index is 12.4. The van der Waals surface area contributed by atoms with Crippen molar-refractivity contribution in [3.8, 4) is 16.9 Å². The lowest BCUT2D eigenvalue weighted by Crippen LogP contribution is -2.13. The highest BCUT2D eigenvalue weighted by atomic mass is 16.5. The van der Waals surface area contributed by atoms with Crippen LogP contribution in [0.25, 0.3) is 11.1 Å². The molecule has 116 valence electrons. The third-order valence-electron chi connectivity index (χ3n) is 3.52. The molecule has 2 aromatic carbocycles. The van der Waals surface area contributed by atoms with Crippen LogP contribution >= 0.6 is 0 Å². The molecule has 0 radical (unpaired) electrons. The van der Waals surface area contributed by atoms with E-state index in [-0.39, 0.29) is 5.91 Å². The van der Waals surface area contributed by atoms with Gasteiger partial charge in [-0.2, -0.15) is 5.10 Å². The quantitative estimate of drug-likeness (QED) is 0.804. The Balaban J connectivity index is 1.89. The van der Waals surface area contributed by atoms with Gasteiger partial charge in [0.25, 0.3) is 5.91 Å². The van der Waals surface area contributed by atoms with Crippen molar-refractivity contribution in [1.82, 2.24) is 9.78 Å². The zero-order valence-electron chi connectivity index (χ0n) is 13.0. The van der Waals surface area contributed by atoms with Crippen LogP contribution in [0.15, 0.2) is 60.9 Å². The van der Waals surface area contributed by atoms with Crippen LogP contribution in [0.2, 0.25) is 0 Å². The molecule has 0 spiro atoms. The Labute approximate surface area is 134 Å². The number of aryl methyl sites for hydroxylation is 1. The highest BCUT2D eigenvalue weighted by Crippen LogP contribution is 2.27. The molecule has 0 saturated carbocycles. The van der Waals surface area contributed by atoms with Gasteiger partial charge in [-0.25, -0.2) is 0 Å². The molecule has 0 bridgehead atoms. The Morgan fingerprint density at radius 1 is 1.13 bits per heavy atom. The van der Waals surface area contributed by atoms with E-state index in [2.05, 4.69) is 10.4 Å². The maximum Gasteiger partial charge on any atom is 0.259 e. The fraction of sp³-hybridized carbons (Fsp3) is 0.111. The molecule has 0 fully saturated rings. The van der Waals surface area contributed by atoms with Gasteiger partial charge in [-0.05, 0) is 29.8 Å². The molecule has 0 aliphatic carbocycles. The second-order valence-corrected chi connectivity index (χ2v) is 5.14. The van der Waals surface area contributed by atoms with E-state index in [1.807, 2.05) is 55.7 Å². The minimum atomic E-state index is -0.203. The van der Waals surface area contributed by atoms with E-state index in [0.717, 1.165) is 16.8 Å². The third kappa shape index (κ3) is 3.23. The first-order valence-electron chi connectivity index (χ1n) is 7.21. The van der Waals surface area contributed by atoms with Crippen molar-refractivity contribution in [2.24, 2.45) is 7.05 Å². The summed E-state index contributed by atoms with van der Waals surface area (Å²) < 4.78 is 7.12. The standard InChI is InChI=1S/C18H17N3O2/c1-21-12-14(11-19-21)13-8-9-16(17(10-13)23-2)18(22)20-15-6-4-3-5-7-15/h3-12H,1-2H3,(H,20,22). The lowest BCUT2D eigenvalue weighted by Gasteiger charge is -2.11. The molecular formula is C18H17N3O2. The van der Waals surface area contributed by atoms with Gasteiger partial charge in [-0.1, -0.05) is 24.3 Å². The number of methoxy groups -OCH3 is 1. The van der Waals surface area contributed by atoms with E-state index in [9.17, 15) is 4.79 Å². The Hall–Kier alpha value is -3.08. The van der Waals surface area contributed by atoms with Crippen molar-refractivity contribution in [1.29, 1.82) is 0 Å². The molecule has 0 atom stereocenters. The number of nitrogens with one attached hydrogen (secondary N) is 1. The Morgan fingerprint density at radius 2 is 1.91 bits per heavy atom. The molecule has 3 rings (SSSR count). The van der Waals surface area contributed by atoms with E-state index < -0.39 is 0 Å². The van der Waals surface area contributed by atoms with Crippen LogP contribution in [0.4, 0.5) is 5.69 Å². The van der Waals surface area contributed by atoms with Crippen molar-refractivity contribution in [2.75, 3.05) is 12.4 Å². The van der Waals surface area contributed by atoms with Crippen molar-refractivity contribution in [3.05, 3.63) is 66.5 Å². The first kappa shape index (κ1) is 14.8. The van der Waals surface area contributed by atoms with Crippen molar-refractivity contribution < 1.29 is 9.53 Å². The molecule has 0 aliphatic rings. The summed E-state index contributed by atoms with van der Waals surface area (Å²) in [5.74, 6) is 0.325. The molecule has 3 aromatic rings. The number of rotatable bonds is 4. The number of carbonyl (C=O) groups excluding carboxylic acids is 1. The van der Waals surface area contributed by atoms with Crippen molar-refractivity contribution in [2.45, 2.75) is 0 Å². The molecule has 0 unspecified atom stereocenters. The minimum absolute atomic E-state index is 0.203. The molecule has 5 nitrogen and oxygen atoms in total. The smallest absolute Gasteiger partial charge is 0.259 e. The number of amides is 1. The summed E-state index contributed by atoms with van der Waals surface area (Å²) in [4.78, 5) is 12.4. The first-order valence-corrected chi connectivity index (χ1v) is 7.21. The average molecular weight is 307 g/mol. The molecule has 0 saturated heterocycles. The number of ether oxygens (including phenoxy) is 1. The van der Waals surface area contributed by atoms with E-state index in [1.54, 1.807) is 24.1 Å². The van der Waals surface area contributed by atoms with Crippen LogP contribution in [0.5, 0.6) is 5.75 Å². The van der Waals surface area contributed by atoms with E-state index in [4.69, 9.17) is 4.74 Å². The van der Waals surface area contributed by atoms with Gasteiger partial charge in [0, 0.05) is 24.5 Å².